The van der Waals surface area contributed by atoms with E-state index in [-0.39, 0.29) is 0 Å². The third kappa shape index (κ3) is 7.00. The Hall–Kier alpha value is -7.68. The highest BCUT2D eigenvalue weighted by Gasteiger charge is 2.15. The van der Waals surface area contributed by atoms with Gasteiger partial charge in [-0.1, -0.05) is 164 Å². The molecule has 9 aromatic carbocycles. The van der Waals surface area contributed by atoms with E-state index in [0.717, 1.165) is 61.4 Å². The van der Waals surface area contributed by atoms with Crippen molar-refractivity contribution in [2.24, 2.45) is 0 Å². The molecule has 10 aromatic rings. The van der Waals surface area contributed by atoms with Crippen LogP contribution in [0.4, 0.5) is 17.1 Å². The predicted octanol–water partition coefficient (Wildman–Crippen LogP) is 15.6. The van der Waals surface area contributed by atoms with Crippen molar-refractivity contribution in [2.45, 2.75) is 0 Å². The predicted molar refractivity (Wildman–Crippen MR) is 245 cm³/mol. The Morgan fingerprint density at radius 2 is 0.862 bits per heavy atom. The van der Waals surface area contributed by atoms with Gasteiger partial charge in [-0.25, -0.2) is 0 Å². The quantitative estimate of drug-likeness (QED) is 0.146. The standard InChI is InChI=1S/C56H39NO/c1-4-13-40(14-5-1)46-19-12-20-49(36-46)54(44-16-6-2-7-17-44)38-50-39-58-56-34-29-48(37-55(50)56)43-27-32-53(33-28-43)57(51-21-8-3-9-22-51)52-30-25-42(26-31-52)47-24-23-41-15-10-11-18-45(41)35-47/h1-39H/b54-38+. The monoisotopic (exact) mass is 741 g/mol. The Labute approximate surface area is 339 Å². The van der Waals surface area contributed by atoms with Gasteiger partial charge in [0.15, 0.2) is 0 Å². The minimum atomic E-state index is 0.861. The molecule has 0 fully saturated rings. The van der Waals surface area contributed by atoms with Gasteiger partial charge in [0.25, 0.3) is 0 Å². The van der Waals surface area contributed by atoms with E-state index in [1.807, 2.05) is 6.26 Å². The molecule has 0 bridgehead atoms. The molecule has 0 unspecified atom stereocenters. The van der Waals surface area contributed by atoms with E-state index >= 15 is 0 Å². The van der Waals surface area contributed by atoms with Gasteiger partial charge in [0.05, 0.1) is 6.26 Å². The van der Waals surface area contributed by atoms with E-state index in [1.165, 1.54) is 33.0 Å². The summed E-state index contributed by atoms with van der Waals surface area (Å²) in [6, 6.07) is 79.9. The number of nitrogens with zero attached hydrogens (tertiary/aromatic N) is 1. The highest BCUT2D eigenvalue weighted by Crippen LogP contribution is 2.38. The molecule has 0 aliphatic rings. The van der Waals surface area contributed by atoms with Crippen molar-refractivity contribution in [3.8, 4) is 33.4 Å². The van der Waals surface area contributed by atoms with Crippen molar-refractivity contribution in [3.05, 3.63) is 247 Å². The number of furan rings is 1. The van der Waals surface area contributed by atoms with E-state index in [9.17, 15) is 0 Å². The third-order valence-corrected chi connectivity index (χ3v) is 11.0. The van der Waals surface area contributed by atoms with Crippen LogP contribution in [0.3, 0.4) is 0 Å². The van der Waals surface area contributed by atoms with E-state index in [1.54, 1.807) is 0 Å². The van der Waals surface area contributed by atoms with E-state index < -0.39 is 0 Å². The van der Waals surface area contributed by atoms with Gasteiger partial charge in [0.2, 0.25) is 0 Å². The number of para-hydroxylation sites is 1. The maximum atomic E-state index is 6.16. The minimum absolute atomic E-state index is 0.861. The first-order valence-corrected chi connectivity index (χ1v) is 19.7. The summed E-state index contributed by atoms with van der Waals surface area (Å²) in [5, 5.41) is 3.57. The van der Waals surface area contributed by atoms with Gasteiger partial charge in [-0.15, -0.1) is 0 Å². The SMILES string of the molecule is C(=C(/c1ccccc1)c1cccc(-c2ccccc2)c1)/c1coc2ccc(-c3ccc(N(c4ccccc4)c4ccc(-c5ccc6ccccc6c5)cc4)cc3)cc12. The molecule has 0 amide bonds. The summed E-state index contributed by atoms with van der Waals surface area (Å²) in [6.45, 7) is 0. The number of hydrogen-bond donors (Lipinski definition) is 0. The fraction of sp³-hybridized carbons (Fsp3) is 0. The Morgan fingerprint density at radius 3 is 1.57 bits per heavy atom. The van der Waals surface area contributed by atoms with E-state index in [2.05, 4.69) is 235 Å². The van der Waals surface area contributed by atoms with Gasteiger partial charge in [-0.05, 0) is 128 Å². The van der Waals surface area contributed by atoms with Crippen LogP contribution >= 0.6 is 0 Å². The Morgan fingerprint density at radius 1 is 0.362 bits per heavy atom. The summed E-state index contributed by atoms with van der Waals surface area (Å²) >= 11 is 0. The topological polar surface area (TPSA) is 16.4 Å². The maximum Gasteiger partial charge on any atom is 0.134 e. The van der Waals surface area contributed by atoms with Crippen LogP contribution in [0.25, 0.3) is 66.8 Å². The number of anilines is 3. The summed E-state index contributed by atoms with van der Waals surface area (Å²) in [6.07, 6.45) is 4.14. The number of benzene rings is 9. The highest BCUT2D eigenvalue weighted by atomic mass is 16.3. The molecule has 0 atom stereocenters. The molecule has 58 heavy (non-hydrogen) atoms. The van der Waals surface area contributed by atoms with Crippen LogP contribution in [-0.2, 0) is 0 Å². The third-order valence-electron chi connectivity index (χ3n) is 11.0. The molecule has 10 rings (SSSR count). The molecule has 0 radical (unpaired) electrons. The van der Waals surface area contributed by atoms with Crippen molar-refractivity contribution < 1.29 is 4.42 Å². The zero-order valence-corrected chi connectivity index (χ0v) is 31.9. The molecule has 0 spiro atoms. The molecular formula is C56H39NO. The normalized spacial score (nSPS) is 11.6. The summed E-state index contributed by atoms with van der Waals surface area (Å²) < 4.78 is 6.16. The average molecular weight is 742 g/mol. The summed E-state index contributed by atoms with van der Waals surface area (Å²) in [4.78, 5) is 2.31. The first kappa shape index (κ1) is 34.8. The molecule has 0 saturated heterocycles. The molecule has 274 valence electrons. The van der Waals surface area contributed by atoms with Gasteiger partial charge in [-0.3, -0.25) is 0 Å². The van der Waals surface area contributed by atoms with Gasteiger partial charge < -0.3 is 9.32 Å². The second-order valence-electron chi connectivity index (χ2n) is 14.6. The van der Waals surface area contributed by atoms with Crippen molar-refractivity contribution >= 4 is 50.5 Å². The number of fused-ring (bicyclic) bond motifs is 2. The van der Waals surface area contributed by atoms with E-state index in [4.69, 9.17) is 4.42 Å². The van der Waals surface area contributed by atoms with Gasteiger partial charge in [0.1, 0.15) is 5.58 Å². The zero-order chi connectivity index (χ0) is 38.7. The van der Waals surface area contributed by atoms with Crippen molar-refractivity contribution in [1.29, 1.82) is 0 Å². The molecule has 0 aliphatic heterocycles. The first-order chi connectivity index (χ1) is 28.7. The second kappa shape index (κ2) is 15.5. The van der Waals surface area contributed by atoms with Crippen LogP contribution < -0.4 is 4.90 Å². The van der Waals surface area contributed by atoms with Crippen LogP contribution in [0, 0.1) is 0 Å². The van der Waals surface area contributed by atoms with E-state index in [0.29, 0.717) is 0 Å². The Kier molecular flexibility index (Phi) is 9.27. The summed E-state index contributed by atoms with van der Waals surface area (Å²) in [7, 11) is 0. The fourth-order valence-electron chi connectivity index (χ4n) is 7.94. The molecule has 2 nitrogen and oxygen atoms in total. The Bertz CT molecular complexity index is 3020. The second-order valence-corrected chi connectivity index (χ2v) is 14.6. The number of hydrogen-bond acceptors (Lipinski definition) is 2. The van der Waals surface area contributed by atoms with Crippen LogP contribution in [0.1, 0.15) is 16.7 Å². The lowest BCUT2D eigenvalue weighted by Gasteiger charge is -2.26. The molecular weight excluding hydrogens is 703 g/mol. The smallest absolute Gasteiger partial charge is 0.134 e. The molecule has 0 saturated carbocycles. The van der Waals surface area contributed by atoms with Crippen LogP contribution in [0.15, 0.2) is 235 Å². The fourth-order valence-corrected chi connectivity index (χ4v) is 7.94. The maximum absolute atomic E-state index is 6.16. The largest absolute Gasteiger partial charge is 0.464 e. The number of rotatable bonds is 9. The van der Waals surface area contributed by atoms with Crippen molar-refractivity contribution in [1.82, 2.24) is 0 Å². The molecule has 1 aromatic heterocycles. The van der Waals surface area contributed by atoms with Crippen molar-refractivity contribution in [3.63, 3.8) is 0 Å². The molecule has 2 heteroatoms. The summed E-state index contributed by atoms with van der Waals surface area (Å²) in [5.74, 6) is 0. The summed E-state index contributed by atoms with van der Waals surface area (Å²) in [5.41, 5.74) is 15.7. The molecule has 1 heterocycles. The lowest BCUT2D eigenvalue weighted by molar-refractivity contribution is 0.615. The van der Waals surface area contributed by atoms with Gasteiger partial charge in [0, 0.05) is 28.0 Å². The molecule has 0 N–H and O–H groups in total. The van der Waals surface area contributed by atoms with Crippen molar-refractivity contribution in [2.75, 3.05) is 4.90 Å². The van der Waals surface area contributed by atoms with Crippen LogP contribution in [0.5, 0.6) is 0 Å². The first-order valence-electron chi connectivity index (χ1n) is 19.7. The molecule has 0 aliphatic carbocycles. The van der Waals surface area contributed by atoms with Gasteiger partial charge >= 0.3 is 0 Å². The van der Waals surface area contributed by atoms with Crippen LogP contribution in [-0.4, -0.2) is 0 Å². The average Bonchev–Trinajstić information content (AvgIpc) is 3.71. The minimum Gasteiger partial charge on any atom is -0.464 e. The lowest BCUT2D eigenvalue weighted by atomic mass is 9.93. The van der Waals surface area contributed by atoms with Crippen LogP contribution in [0.2, 0.25) is 0 Å². The Balaban J connectivity index is 0.983. The van der Waals surface area contributed by atoms with Gasteiger partial charge in [-0.2, -0.15) is 0 Å². The lowest BCUT2D eigenvalue weighted by Crippen LogP contribution is -2.09. The highest BCUT2D eigenvalue weighted by molar-refractivity contribution is 5.99. The zero-order valence-electron chi connectivity index (χ0n) is 31.9.